The number of nitrogens with zero attached hydrogens (tertiary/aromatic N) is 2. The van der Waals surface area contributed by atoms with Crippen molar-refractivity contribution in [1.82, 2.24) is 9.55 Å². The topological polar surface area (TPSA) is 81.1 Å². The Morgan fingerprint density at radius 2 is 2.43 bits per heavy atom. The van der Waals surface area contributed by atoms with Gasteiger partial charge in [-0.15, -0.1) is 0 Å². The molecular weight excluding hydrogens is 182 g/mol. The summed E-state index contributed by atoms with van der Waals surface area (Å²) in [5.74, 6) is -1.01. The van der Waals surface area contributed by atoms with E-state index in [0.717, 1.165) is 12.8 Å². The monoisotopic (exact) mass is 195 g/mol. The Morgan fingerprint density at radius 1 is 1.71 bits per heavy atom. The molecule has 2 rings (SSSR count). The lowest BCUT2D eigenvalue weighted by Crippen LogP contribution is -2.27. The Balaban J connectivity index is 2.24. The summed E-state index contributed by atoms with van der Waals surface area (Å²) in [6.07, 6.45) is 6.59. The fourth-order valence-electron chi connectivity index (χ4n) is 1.65. The first-order chi connectivity index (χ1) is 6.70. The van der Waals surface area contributed by atoms with Crippen molar-refractivity contribution in [3.63, 3.8) is 0 Å². The van der Waals surface area contributed by atoms with E-state index in [4.69, 9.17) is 10.8 Å². The zero-order valence-corrected chi connectivity index (χ0v) is 7.76. The van der Waals surface area contributed by atoms with Crippen molar-refractivity contribution >= 4 is 5.97 Å². The molecule has 1 aromatic rings. The maximum absolute atomic E-state index is 10.7. The summed E-state index contributed by atoms with van der Waals surface area (Å²) in [6.45, 7) is 0. The summed E-state index contributed by atoms with van der Waals surface area (Å²) in [6, 6.07) is -0.559. The van der Waals surface area contributed by atoms with Crippen LogP contribution >= 0.6 is 0 Å². The van der Waals surface area contributed by atoms with E-state index < -0.39 is 12.0 Å². The maximum atomic E-state index is 10.7. The number of carbonyl (C=O) groups is 1. The van der Waals surface area contributed by atoms with Gasteiger partial charge in [0.05, 0.1) is 18.2 Å². The standard InChI is InChI=1S/C9H13N3O2/c10-8(9(13)14)7-4-11-5-12(7)6-2-1-3-6/h4-6,8H,1-3,10H2,(H,13,14). The molecule has 1 fully saturated rings. The van der Waals surface area contributed by atoms with Crippen molar-refractivity contribution in [3.8, 4) is 0 Å². The second kappa shape index (κ2) is 3.42. The number of carboxylic acid groups (broad SMARTS) is 1. The highest BCUT2D eigenvalue weighted by molar-refractivity contribution is 5.74. The lowest BCUT2D eigenvalue weighted by molar-refractivity contribution is -0.138. The van der Waals surface area contributed by atoms with E-state index in [0.29, 0.717) is 11.7 Å². The summed E-state index contributed by atoms with van der Waals surface area (Å²) in [5.41, 5.74) is 6.14. The van der Waals surface area contributed by atoms with Gasteiger partial charge in [0.2, 0.25) is 0 Å². The van der Waals surface area contributed by atoms with Gasteiger partial charge < -0.3 is 15.4 Å². The van der Waals surface area contributed by atoms with Crippen LogP contribution in [0, 0.1) is 0 Å². The summed E-state index contributed by atoms with van der Waals surface area (Å²) in [4.78, 5) is 14.7. The molecule has 0 aromatic carbocycles. The molecule has 1 aliphatic carbocycles. The van der Waals surface area contributed by atoms with Crippen molar-refractivity contribution in [3.05, 3.63) is 18.2 Å². The zero-order chi connectivity index (χ0) is 10.1. The van der Waals surface area contributed by atoms with Crippen LogP contribution in [-0.2, 0) is 4.79 Å². The fourth-order valence-corrected chi connectivity index (χ4v) is 1.65. The van der Waals surface area contributed by atoms with Crippen LogP contribution in [0.2, 0.25) is 0 Å². The van der Waals surface area contributed by atoms with E-state index in [1.165, 1.54) is 12.6 Å². The quantitative estimate of drug-likeness (QED) is 0.743. The molecule has 0 radical (unpaired) electrons. The van der Waals surface area contributed by atoms with Crippen LogP contribution in [0.5, 0.6) is 0 Å². The first-order valence-corrected chi connectivity index (χ1v) is 4.70. The number of rotatable bonds is 3. The van der Waals surface area contributed by atoms with Crippen LogP contribution in [0.1, 0.15) is 37.0 Å². The van der Waals surface area contributed by atoms with Gasteiger partial charge in [-0.25, -0.2) is 4.98 Å². The van der Waals surface area contributed by atoms with Crippen molar-refractivity contribution in [1.29, 1.82) is 0 Å². The zero-order valence-electron chi connectivity index (χ0n) is 7.76. The lowest BCUT2D eigenvalue weighted by atomic mass is 9.92. The molecule has 1 unspecified atom stereocenters. The van der Waals surface area contributed by atoms with E-state index in [2.05, 4.69) is 4.98 Å². The van der Waals surface area contributed by atoms with Crippen LogP contribution in [0.15, 0.2) is 12.5 Å². The molecule has 5 nitrogen and oxygen atoms in total. The third kappa shape index (κ3) is 1.39. The molecule has 0 saturated heterocycles. The number of imidazole rings is 1. The van der Waals surface area contributed by atoms with Crippen molar-refractivity contribution < 1.29 is 9.90 Å². The molecule has 5 heteroatoms. The highest BCUT2D eigenvalue weighted by Gasteiger charge is 2.25. The largest absolute Gasteiger partial charge is 0.480 e. The number of nitrogens with two attached hydrogens (primary N) is 1. The van der Waals surface area contributed by atoms with Crippen molar-refractivity contribution in [2.45, 2.75) is 31.3 Å². The van der Waals surface area contributed by atoms with Crippen molar-refractivity contribution in [2.75, 3.05) is 0 Å². The second-order valence-electron chi connectivity index (χ2n) is 3.63. The molecule has 3 N–H and O–H groups in total. The van der Waals surface area contributed by atoms with Crippen LogP contribution in [0.25, 0.3) is 0 Å². The third-order valence-electron chi connectivity index (χ3n) is 2.75. The first-order valence-electron chi connectivity index (χ1n) is 4.70. The van der Waals surface area contributed by atoms with E-state index in [-0.39, 0.29) is 0 Å². The van der Waals surface area contributed by atoms with Crippen LogP contribution in [-0.4, -0.2) is 20.6 Å². The Hall–Kier alpha value is -1.36. The predicted octanol–water partition coefficient (Wildman–Crippen LogP) is 0.692. The Morgan fingerprint density at radius 3 is 2.93 bits per heavy atom. The van der Waals surface area contributed by atoms with Gasteiger partial charge in [-0.3, -0.25) is 4.79 Å². The highest BCUT2D eigenvalue weighted by atomic mass is 16.4. The Labute approximate surface area is 81.5 Å². The summed E-state index contributed by atoms with van der Waals surface area (Å²) in [5, 5.41) is 8.78. The van der Waals surface area contributed by atoms with Crippen LogP contribution in [0.4, 0.5) is 0 Å². The van der Waals surface area contributed by atoms with Crippen molar-refractivity contribution in [2.24, 2.45) is 5.73 Å². The van der Waals surface area contributed by atoms with Crippen LogP contribution in [0.3, 0.4) is 0 Å². The molecule has 0 amide bonds. The molecule has 1 heterocycles. The first kappa shape index (κ1) is 9.21. The fraction of sp³-hybridized carbons (Fsp3) is 0.556. The minimum absolute atomic E-state index is 0.401. The molecule has 1 aromatic heterocycles. The molecule has 1 atom stereocenters. The summed E-state index contributed by atoms with van der Waals surface area (Å²) >= 11 is 0. The van der Waals surface area contributed by atoms with Gasteiger partial charge in [0.1, 0.15) is 6.04 Å². The number of aliphatic carboxylic acids is 1. The SMILES string of the molecule is NC(C(=O)O)c1cncn1C1CCC1. The summed E-state index contributed by atoms with van der Waals surface area (Å²) in [7, 11) is 0. The Kier molecular flexibility index (Phi) is 2.25. The van der Waals surface area contributed by atoms with Gasteiger partial charge in [-0.05, 0) is 19.3 Å². The second-order valence-corrected chi connectivity index (χ2v) is 3.63. The molecule has 14 heavy (non-hydrogen) atoms. The van der Waals surface area contributed by atoms with Gasteiger partial charge >= 0.3 is 5.97 Å². The van der Waals surface area contributed by atoms with Gasteiger partial charge in [-0.2, -0.15) is 0 Å². The number of carboxylic acids is 1. The number of hydrogen-bond acceptors (Lipinski definition) is 3. The normalized spacial score (nSPS) is 18.9. The molecule has 0 spiro atoms. The van der Waals surface area contributed by atoms with E-state index in [1.807, 2.05) is 4.57 Å². The average Bonchev–Trinajstić information content (AvgIpc) is 2.48. The maximum Gasteiger partial charge on any atom is 0.326 e. The Bertz CT molecular complexity index is 344. The average molecular weight is 195 g/mol. The lowest BCUT2D eigenvalue weighted by Gasteiger charge is -2.29. The third-order valence-corrected chi connectivity index (χ3v) is 2.75. The van der Waals surface area contributed by atoms with Gasteiger partial charge in [-0.1, -0.05) is 0 Å². The molecule has 76 valence electrons. The molecule has 0 bridgehead atoms. The molecule has 1 saturated carbocycles. The molecular formula is C9H13N3O2. The number of hydrogen-bond donors (Lipinski definition) is 2. The molecule has 0 aliphatic heterocycles. The van der Waals surface area contributed by atoms with Gasteiger partial charge in [0, 0.05) is 6.04 Å². The minimum Gasteiger partial charge on any atom is -0.480 e. The number of aromatic nitrogens is 2. The predicted molar refractivity (Wildman–Crippen MR) is 49.7 cm³/mol. The smallest absolute Gasteiger partial charge is 0.326 e. The van der Waals surface area contributed by atoms with Gasteiger partial charge in [0.15, 0.2) is 0 Å². The molecule has 1 aliphatic rings. The highest BCUT2D eigenvalue weighted by Crippen LogP contribution is 2.33. The van der Waals surface area contributed by atoms with Crippen LogP contribution < -0.4 is 5.73 Å². The van der Waals surface area contributed by atoms with Gasteiger partial charge in [0.25, 0.3) is 0 Å². The van der Waals surface area contributed by atoms with E-state index >= 15 is 0 Å². The van der Waals surface area contributed by atoms with E-state index in [1.54, 1.807) is 6.33 Å². The van der Waals surface area contributed by atoms with E-state index in [9.17, 15) is 4.79 Å². The minimum atomic E-state index is -1.01. The summed E-state index contributed by atoms with van der Waals surface area (Å²) < 4.78 is 1.89.